The molecule has 1 saturated heterocycles. The van der Waals surface area contributed by atoms with Gasteiger partial charge >= 0.3 is 6.03 Å². The van der Waals surface area contributed by atoms with Gasteiger partial charge in [0.2, 0.25) is 5.91 Å². The smallest absolute Gasteiger partial charge is 0.318 e. The number of rotatable bonds is 8. The van der Waals surface area contributed by atoms with E-state index < -0.39 is 0 Å². The van der Waals surface area contributed by atoms with Crippen LogP contribution in [-0.2, 0) is 17.9 Å². The number of hydrogen-bond donors (Lipinski definition) is 1. The Hall–Kier alpha value is -3.80. The van der Waals surface area contributed by atoms with E-state index in [-0.39, 0.29) is 24.4 Å². The van der Waals surface area contributed by atoms with E-state index in [1.54, 1.807) is 9.80 Å². The summed E-state index contributed by atoms with van der Waals surface area (Å²) in [5, 5.41) is 3.08. The first-order chi connectivity index (χ1) is 16.1. The van der Waals surface area contributed by atoms with Gasteiger partial charge in [-0.05, 0) is 42.3 Å². The van der Waals surface area contributed by atoms with Crippen LogP contribution in [0.2, 0.25) is 0 Å². The van der Waals surface area contributed by atoms with Crippen LogP contribution in [0, 0.1) is 0 Å². The van der Waals surface area contributed by atoms with E-state index in [0.717, 1.165) is 22.6 Å². The van der Waals surface area contributed by atoms with Crippen LogP contribution in [0.3, 0.4) is 0 Å². The van der Waals surface area contributed by atoms with Crippen LogP contribution >= 0.6 is 0 Å². The minimum absolute atomic E-state index is 0.00197. The second-order valence-electron chi connectivity index (χ2n) is 8.11. The lowest BCUT2D eigenvalue weighted by Crippen LogP contribution is -2.45. The first kappa shape index (κ1) is 22.4. The summed E-state index contributed by atoms with van der Waals surface area (Å²) in [5.74, 6) is 0.775. The Bertz CT molecular complexity index is 1010. The molecule has 0 aliphatic carbocycles. The van der Waals surface area contributed by atoms with Crippen molar-refractivity contribution < 1.29 is 14.3 Å². The SMILES string of the molecule is CCOc1ccc(N2CC(NC(=O)N(Cc3ccccc3)Cc3ccccc3)CC2=O)cc1. The molecule has 1 unspecified atom stereocenters. The Labute approximate surface area is 194 Å². The summed E-state index contributed by atoms with van der Waals surface area (Å²) in [6, 6.07) is 26.9. The molecule has 0 saturated carbocycles. The molecule has 1 fully saturated rings. The van der Waals surface area contributed by atoms with Crippen LogP contribution < -0.4 is 15.0 Å². The zero-order valence-electron chi connectivity index (χ0n) is 18.8. The molecule has 1 N–H and O–H groups in total. The van der Waals surface area contributed by atoms with E-state index >= 15 is 0 Å². The van der Waals surface area contributed by atoms with Crippen molar-refractivity contribution in [1.82, 2.24) is 10.2 Å². The molecule has 3 amide bonds. The lowest BCUT2D eigenvalue weighted by Gasteiger charge is -2.25. The number of benzene rings is 3. The van der Waals surface area contributed by atoms with Crippen molar-refractivity contribution in [2.24, 2.45) is 0 Å². The molecule has 0 bridgehead atoms. The monoisotopic (exact) mass is 443 g/mol. The fourth-order valence-electron chi connectivity index (χ4n) is 4.02. The molecule has 1 atom stereocenters. The highest BCUT2D eigenvalue weighted by Gasteiger charge is 2.32. The van der Waals surface area contributed by atoms with Crippen LogP contribution in [0.1, 0.15) is 24.5 Å². The van der Waals surface area contributed by atoms with Gasteiger partial charge in [-0.15, -0.1) is 0 Å². The molecule has 33 heavy (non-hydrogen) atoms. The predicted octanol–water partition coefficient (Wildman–Crippen LogP) is 4.60. The number of nitrogens with one attached hydrogen (secondary N) is 1. The molecule has 4 rings (SSSR count). The Kier molecular flexibility index (Phi) is 7.25. The van der Waals surface area contributed by atoms with Gasteiger partial charge in [-0.25, -0.2) is 4.79 Å². The minimum Gasteiger partial charge on any atom is -0.494 e. The molecule has 0 aromatic heterocycles. The summed E-state index contributed by atoms with van der Waals surface area (Å²) in [5.41, 5.74) is 2.93. The molecule has 1 heterocycles. The molecule has 1 aliphatic heterocycles. The van der Waals surface area contributed by atoms with Gasteiger partial charge in [0.25, 0.3) is 0 Å². The minimum atomic E-state index is -0.245. The average Bonchev–Trinajstić information content (AvgIpc) is 3.20. The summed E-state index contributed by atoms with van der Waals surface area (Å²) in [6.07, 6.45) is 0.281. The van der Waals surface area contributed by atoms with Gasteiger partial charge in [0.1, 0.15) is 5.75 Å². The molecule has 0 spiro atoms. The second-order valence-corrected chi connectivity index (χ2v) is 8.11. The summed E-state index contributed by atoms with van der Waals surface area (Å²) in [7, 11) is 0. The van der Waals surface area contributed by atoms with Crippen LogP contribution in [0.25, 0.3) is 0 Å². The Morgan fingerprint density at radius 1 is 0.939 bits per heavy atom. The van der Waals surface area contributed by atoms with Crippen molar-refractivity contribution in [2.75, 3.05) is 18.1 Å². The number of urea groups is 1. The van der Waals surface area contributed by atoms with Crippen molar-refractivity contribution in [3.05, 3.63) is 96.1 Å². The lowest BCUT2D eigenvalue weighted by atomic mass is 10.1. The molecule has 1 aliphatic rings. The van der Waals surface area contributed by atoms with Crippen LogP contribution in [0.15, 0.2) is 84.9 Å². The van der Waals surface area contributed by atoms with E-state index in [0.29, 0.717) is 26.2 Å². The van der Waals surface area contributed by atoms with Gasteiger partial charge in [-0.2, -0.15) is 0 Å². The molecule has 6 nitrogen and oxygen atoms in total. The lowest BCUT2D eigenvalue weighted by molar-refractivity contribution is -0.117. The van der Waals surface area contributed by atoms with Gasteiger partial charge in [-0.3, -0.25) is 4.79 Å². The first-order valence-corrected chi connectivity index (χ1v) is 11.3. The highest BCUT2D eigenvalue weighted by molar-refractivity contribution is 5.96. The number of hydrogen-bond acceptors (Lipinski definition) is 3. The molecule has 6 heteroatoms. The summed E-state index contributed by atoms with van der Waals surface area (Å²) in [6.45, 7) is 3.96. The van der Waals surface area contributed by atoms with Crippen molar-refractivity contribution in [3.8, 4) is 5.75 Å². The van der Waals surface area contributed by atoms with Crippen LogP contribution in [0.4, 0.5) is 10.5 Å². The number of carbonyl (C=O) groups excluding carboxylic acids is 2. The highest BCUT2D eigenvalue weighted by Crippen LogP contribution is 2.24. The third-order valence-electron chi connectivity index (χ3n) is 5.63. The average molecular weight is 444 g/mol. The standard InChI is InChI=1S/C27H29N3O3/c1-2-33-25-15-13-24(14-16-25)30-20-23(17-26(30)31)28-27(32)29(18-21-9-5-3-6-10-21)19-22-11-7-4-8-12-22/h3-16,23H,2,17-20H2,1H3,(H,28,32). The van der Waals surface area contributed by atoms with Crippen LogP contribution in [0.5, 0.6) is 5.75 Å². The van der Waals surface area contributed by atoms with Gasteiger partial charge in [-0.1, -0.05) is 60.7 Å². The van der Waals surface area contributed by atoms with Crippen molar-refractivity contribution >= 4 is 17.6 Å². The second kappa shape index (κ2) is 10.7. The van der Waals surface area contributed by atoms with Crippen molar-refractivity contribution in [3.63, 3.8) is 0 Å². The van der Waals surface area contributed by atoms with E-state index in [1.807, 2.05) is 91.9 Å². The first-order valence-electron chi connectivity index (χ1n) is 11.3. The van der Waals surface area contributed by atoms with Crippen molar-refractivity contribution in [2.45, 2.75) is 32.5 Å². The molecule has 0 radical (unpaired) electrons. The zero-order chi connectivity index (χ0) is 23.0. The third kappa shape index (κ3) is 5.92. The van der Waals surface area contributed by atoms with Crippen LogP contribution in [-0.4, -0.2) is 36.0 Å². The predicted molar refractivity (Wildman–Crippen MR) is 129 cm³/mol. The quantitative estimate of drug-likeness (QED) is 0.553. The van der Waals surface area contributed by atoms with Gasteiger partial charge in [0, 0.05) is 31.7 Å². The zero-order valence-corrected chi connectivity index (χ0v) is 18.8. The summed E-state index contributed by atoms with van der Waals surface area (Å²) >= 11 is 0. The molecular formula is C27H29N3O3. The van der Waals surface area contributed by atoms with E-state index in [2.05, 4.69) is 5.32 Å². The molecule has 170 valence electrons. The van der Waals surface area contributed by atoms with E-state index in [9.17, 15) is 9.59 Å². The number of anilines is 1. The highest BCUT2D eigenvalue weighted by atomic mass is 16.5. The maximum absolute atomic E-state index is 13.2. The Balaban J connectivity index is 1.43. The number of ether oxygens (including phenoxy) is 1. The van der Waals surface area contributed by atoms with Gasteiger partial charge < -0.3 is 19.9 Å². The Morgan fingerprint density at radius 2 is 1.52 bits per heavy atom. The van der Waals surface area contributed by atoms with E-state index in [1.165, 1.54) is 0 Å². The summed E-state index contributed by atoms with van der Waals surface area (Å²) in [4.78, 5) is 29.4. The topological polar surface area (TPSA) is 61.9 Å². The Morgan fingerprint density at radius 3 is 2.06 bits per heavy atom. The normalized spacial score (nSPS) is 15.4. The maximum atomic E-state index is 13.2. The van der Waals surface area contributed by atoms with Gasteiger partial charge in [0.15, 0.2) is 0 Å². The molecule has 3 aromatic carbocycles. The van der Waals surface area contributed by atoms with Crippen molar-refractivity contribution in [1.29, 1.82) is 0 Å². The third-order valence-corrected chi connectivity index (χ3v) is 5.63. The number of amides is 3. The fourth-order valence-corrected chi connectivity index (χ4v) is 4.02. The number of carbonyl (C=O) groups is 2. The van der Waals surface area contributed by atoms with Gasteiger partial charge in [0.05, 0.1) is 12.6 Å². The summed E-state index contributed by atoms with van der Waals surface area (Å²) < 4.78 is 5.48. The largest absolute Gasteiger partial charge is 0.494 e. The molecular weight excluding hydrogens is 414 g/mol. The number of nitrogens with zero attached hydrogens (tertiary/aromatic N) is 2. The van der Waals surface area contributed by atoms with E-state index in [4.69, 9.17) is 4.74 Å². The fraction of sp³-hybridized carbons (Fsp3) is 0.259. The maximum Gasteiger partial charge on any atom is 0.318 e. The molecule has 3 aromatic rings.